The summed E-state index contributed by atoms with van der Waals surface area (Å²) in [5.74, 6) is 0. The van der Waals surface area contributed by atoms with Gasteiger partial charge in [0.2, 0.25) is 0 Å². The third-order valence-corrected chi connectivity index (χ3v) is 16.5. The Morgan fingerprint density at radius 1 is 0.375 bits per heavy atom. The summed E-state index contributed by atoms with van der Waals surface area (Å²) in [6.07, 6.45) is 42.1. The number of halogens is 6. The van der Waals surface area contributed by atoms with Crippen LogP contribution in [0.25, 0.3) is 4.13 Å². The molecule has 0 rings (SSSR count). The van der Waals surface area contributed by atoms with Crippen molar-refractivity contribution in [3.05, 3.63) is 4.13 Å². The average molecular weight is 764 g/mol. The van der Waals surface area contributed by atoms with Crippen molar-refractivity contribution in [1.29, 1.82) is 0 Å². The van der Waals surface area contributed by atoms with E-state index in [-0.39, 0.29) is 0 Å². The second-order valence-electron chi connectivity index (χ2n) is 13.2. The van der Waals surface area contributed by atoms with E-state index in [1.807, 2.05) is 0 Å². The molecule has 0 aliphatic rings. The Morgan fingerprint density at radius 2 is 0.562 bits per heavy atom. The maximum atomic E-state index is 11.4. The molecule has 0 atom stereocenters. The number of alkyl halides is 6. The van der Waals surface area contributed by atoms with Gasteiger partial charge in [0.15, 0.2) is 20.0 Å². The van der Waals surface area contributed by atoms with E-state index in [2.05, 4.69) is 27.7 Å². The van der Waals surface area contributed by atoms with Gasteiger partial charge in [-0.3, -0.25) is 0 Å². The number of rotatable bonds is 30. The van der Waals surface area contributed by atoms with Crippen LogP contribution in [0.3, 0.4) is 0 Å². The van der Waals surface area contributed by atoms with Crippen molar-refractivity contribution in [2.45, 2.75) is 193 Å². The minimum absolute atomic E-state index is 0.718. The summed E-state index contributed by atoms with van der Waals surface area (Å²) in [5, 5.41) is 0. The van der Waals surface area contributed by atoms with Crippen molar-refractivity contribution in [1.82, 2.24) is 0 Å². The highest BCUT2D eigenvalue weighted by Gasteiger charge is 2.47. The van der Waals surface area contributed by atoms with Crippen LogP contribution in [-0.4, -0.2) is 52.5 Å². The summed E-state index contributed by atoms with van der Waals surface area (Å²) in [5.41, 5.74) is -12.4. The largest absolute Gasteiger partial charge is 0.480 e. The fourth-order valence-electron chi connectivity index (χ4n) is 5.79. The monoisotopic (exact) mass is 763 g/mol. The average Bonchev–Trinajstić information content (AvgIpc) is 2.99. The first-order valence-corrected chi connectivity index (χ1v) is 24.1. The molecule has 0 aromatic carbocycles. The Morgan fingerprint density at radius 3 is 0.750 bits per heavy atom. The third-order valence-electron chi connectivity index (χ3n) is 8.73. The van der Waals surface area contributed by atoms with Crippen molar-refractivity contribution >= 4 is 27.3 Å². The molecule has 14 heteroatoms. The Kier molecular flexibility index (Phi) is 29.6. The van der Waals surface area contributed by atoms with Crippen LogP contribution in [0.2, 0.25) is 0 Å². The number of nitrogens with zero attached hydrogens (tertiary/aromatic N) is 1. The molecular formula is C34H68F6NO4PS2. The molecule has 0 unspecified atom stereocenters. The van der Waals surface area contributed by atoms with Gasteiger partial charge in [-0.25, -0.2) is 16.8 Å². The Hall–Kier alpha value is -0.130. The van der Waals surface area contributed by atoms with E-state index >= 15 is 0 Å². The molecule has 0 aromatic heterocycles. The molecule has 0 saturated heterocycles. The van der Waals surface area contributed by atoms with Crippen molar-refractivity contribution in [3.8, 4) is 0 Å². The van der Waals surface area contributed by atoms with Crippen LogP contribution in [0.15, 0.2) is 0 Å². The highest BCUT2D eigenvalue weighted by molar-refractivity contribution is 8.13. The maximum Gasteiger partial charge on any atom is 0.480 e. The second kappa shape index (κ2) is 28.5. The smallest absolute Gasteiger partial charge is 0.421 e. The van der Waals surface area contributed by atoms with Gasteiger partial charge in [-0.2, -0.15) is 26.3 Å². The number of hydrogen-bond acceptors (Lipinski definition) is 4. The second-order valence-corrected chi connectivity index (χ2v) is 21.1. The predicted molar refractivity (Wildman–Crippen MR) is 193 cm³/mol. The third kappa shape index (κ3) is 25.8. The van der Waals surface area contributed by atoms with Crippen molar-refractivity contribution < 1.29 is 43.2 Å². The lowest BCUT2D eigenvalue weighted by atomic mass is 10.1. The van der Waals surface area contributed by atoms with Crippen molar-refractivity contribution in [2.24, 2.45) is 0 Å². The van der Waals surface area contributed by atoms with Gasteiger partial charge in [0.1, 0.15) is 0 Å². The van der Waals surface area contributed by atoms with Crippen molar-refractivity contribution in [2.75, 3.05) is 24.6 Å². The molecule has 0 aliphatic carbocycles. The first kappa shape index (κ1) is 50.0. The molecule has 48 heavy (non-hydrogen) atoms. The summed E-state index contributed by atoms with van der Waals surface area (Å²) in [7, 11) is -14.2. The van der Waals surface area contributed by atoms with Gasteiger partial charge in [0, 0.05) is 7.26 Å². The zero-order chi connectivity index (χ0) is 37.0. The molecule has 0 fully saturated rings. The molecular weight excluding hydrogens is 695 g/mol. The lowest BCUT2D eigenvalue weighted by Crippen LogP contribution is -2.30. The van der Waals surface area contributed by atoms with E-state index in [0.717, 1.165) is 4.13 Å². The van der Waals surface area contributed by atoms with Gasteiger partial charge in [0.05, 0.1) is 24.6 Å². The van der Waals surface area contributed by atoms with E-state index < -0.39 is 38.3 Å². The van der Waals surface area contributed by atoms with Crippen LogP contribution < -0.4 is 0 Å². The van der Waals surface area contributed by atoms with E-state index in [0.29, 0.717) is 0 Å². The summed E-state index contributed by atoms with van der Waals surface area (Å²) in [6, 6.07) is 0. The molecule has 0 amide bonds. The van der Waals surface area contributed by atoms with E-state index in [9.17, 15) is 43.2 Å². The van der Waals surface area contributed by atoms with Crippen LogP contribution in [0.5, 0.6) is 0 Å². The zero-order valence-corrected chi connectivity index (χ0v) is 32.9. The Labute approximate surface area is 291 Å². The molecule has 292 valence electrons. The quantitative estimate of drug-likeness (QED) is 0.0414. The van der Waals surface area contributed by atoms with Crippen molar-refractivity contribution in [3.63, 3.8) is 0 Å². The summed E-state index contributed by atoms with van der Waals surface area (Å²) in [4.78, 5) is 0. The first-order chi connectivity index (χ1) is 22.4. The van der Waals surface area contributed by atoms with Gasteiger partial charge >= 0.3 is 11.0 Å². The van der Waals surface area contributed by atoms with E-state index in [4.69, 9.17) is 0 Å². The SMILES string of the molecule is CCCCCCCC[P+](CCCCCCCC)(CCCCCCCC)CCCCCCCC.O=S(=O)([N-]S(=O)(=O)C(F)(F)F)C(F)(F)F. The number of unbranched alkanes of at least 4 members (excludes halogenated alkanes) is 20. The van der Waals surface area contributed by atoms with Gasteiger partial charge in [-0.15, -0.1) is 0 Å². The van der Waals surface area contributed by atoms with Crippen LogP contribution >= 0.6 is 7.26 Å². The number of sulfonamides is 2. The summed E-state index contributed by atoms with van der Waals surface area (Å²) < 4.78 is 109. The first-order valence-electron chi connectivity index (χ1n) is 18.7. The van der Waals surface area contributed by atoms with E-state index in [1.54, 1.807) is 50.3 Å². The fourth-order valence-corrected chi connectivity index (χ4v) is 12.4. The molecule has 0 heterocycles. The standard InChI is InChI=1S/C32H68P.C2F6NO4S2/c1-5-9-13-17-21-25-29-33(30-26-22-18-14-10-6-2,31-27-23-19-15-11-7-3)32-28-24-20-16-12-8-4;3-1(4,5)14(10,11)9-15(12,13)2(6,7)8/h5-32H2,1-4H3;/q+1;-1. The lowest BCUT2D eigenvalue weighted by molar-refractivity contribution is -0.0444. The Balaban J connectivity index is 0. The predicted octanol–water partition coefficient (Wildman–Crippen LogP) is 13.5. The Bertz CT molecular complexity index is 850. The maximum absolute atomic E-state index is 11.4. The molecule has 5 nitrogen and oxygen atoms in total. The van der Waals surface area contributed by atoms with Gasteiger partial charge < -0.3 is 4.13 Å². The minimum Gasteiger partial charge on any atom is -0.421 e. The zero-order valence-electron chi connectivity index (χ0n) is 30.4. The molecule has 0 radical (unpaired) electrons. The summed E-state index contributed by atoms with van der Waals surface area (Å²) in [6.45, 7) is 9.38. The molecule has 0 N–H and O–H groups in total. The molecule has 0 bridgehead atoms. The summed E-state index contributed by atoms with van der Waals surface area (Å²) >= 11 is 0. The van der Waals surface area contributed by atoms with Crippen LogP contribution in [0, 0.1) is 0 Å². The highest BCUT2D eigenvalue weighted by atomic mass is 32.3. The minimum atomic E-state index is -6.72. The van der Waals surface area contributed by atoms with Crippen LogP contribution in [-0.2, 0) is 20.0 Å². The normalized spacial score (nSPS) is 13.0. The lowest BCUT2D eigenvalue weighted by Gasteiger charge is -2.28. The van der Waals surface area contributed by atoms with Gasteiger partial charge in [-0.1, -0.05) is 130 Å². The molecule has 0 spiro atoms. The highest BCUT2D eigenvalue weighted by Crippen LogP contribution is 2.61. The molecule has 0 aromatic rings. The van der Waals surface area contributed by atoms with Crippen LogP contribution in [0.1, 0.15) is 182 Å². The van der Waals surface area contributed by atoms with Gasteiger partial charge in [0.25, 0.3) is 0 Å². The molecule has 0 saturated carbocycles. The number of hydrogen-bond donors (Lipinski definition) is 0. The molecule has 0 aliphatic heterocycles. The fraction of sp³-hybridized carbons (Fsp3) is 1.00. The van der Waals surface area contributed by atoms with Crippen LogP contribution in [0.4, 0.5) is 26.3 Å². The topological polar surface area (TPSA) is 82.4 Å². The van der Waals surface area contributed by atoms with Gasteiger partial charge in [-0.05, 0) is 51.4 Å². The van der Waals surface area contributed by atoms with E-state index in [1.165, 1.54) is 128 Å².